The van der Waals surface area contributed by atoms with E-state index < -0.39 is 6.10 Å². The zero-order valence-corrected chi connectivity index (χ0v) is 10.6. The minimum Gasteiger partial charge on any atom is -0.398 e. The summed E-state index contributed by atoms with van der Waals surface area (Å²) in [6.07, 6.45) is -0.511. The average Bonchev–Trinajstić information content (AvgIpc) is 2.18. The third-order valence-electron chi connectivity index (χ3n) is 2.12. The maximum atomic E-state index is 9.85. The van der Waals surface area contributed by atoms with E-state index in [1.54, 1.807) is 6.07 Å². The fourth-order valence-electron chi connectivity index (χ4n) is 1.23. The van der Waals surface area contributed by atoms with Crippen LogP contribution in [0.2, 0.25) is 0 Å². The fraction of sp³-hybridized carbons (Fsp3) is 0.455. The maximum absolute atomic E-state index is 9.85. The van der Waals surface area contributed by atoms with E-state index in [0.717, 1.165) is 10.0 Å². The summed E-state index contributed by atoms with van der Waals surface area (Å²) in [5, 5.41) is 13.0. The SMILES string of the molecule is CC(C)NCC(O)c1ccc(Br)c(N)c1. The van der Waals surface area contributed by atoms with Gasteiger partial charge in [0.25, 0.3) is 0 Å². The first-order valence-electron chi connectivity index (χ1n) is 4.97. The largest absolute Gasteiger partial charge is 0.398 e. The molecule has 3 nitrogen and oxygen atoms in total. The Morgan fingerprint density at radius 1 is 1.47 bits per heavy atom. The van der Waals surface area contributed by atoms with Gasteiger partial charge >= 0.3 is 0 Å². The molecule has 1 aromatic carbocycles. The molecular formula is C11H17BrN2O. The van der Waals surface area contributed by atoms with E-state index in [9.17, 15) is 5.11 Å². The molecule has 1 rings (SSSR count). The van der Waals surface area contributed by atoms with Crippen molar-refractivity contribution in [1.29, 1.82) is 0 Å². The first-order valence-corrected chi connectivity index (χ1v) is 5.76. The molecule has 1 unspecified atom stereocenters. The van der Waals surface area contributed by atoms with Crippen LogP contribution >= 0.6 is 15.9 Å². The van der Waals surface area contributed by atoms with Gasteiger partial charge in [0.1, 0.15) is 0 Å². The monoisotopic (exact) mass is 272 g/mol. The number of nitrogens with one attached hydrogen (secondary N) is 1. The quantitative estimate of drug-likeness (QED) is 0.736. The molecule has 0 radical (unpaired) electrons. The molecule has 0 amide bonds. The highest BCUT2D eigenvalue weighted by Crippen LogP contribution is 2.23. The second-order valence-corrected chi connectivity index (χ2v) is 4.71. The number of nitrogen functional groups attached to an aromatic ring is 1. The second kappa shape index (κ2) is 5.49. The molecule has 0 aliphatic heterocycles. The Balaban J connectivity index is 2.65. The van der Waals surface area contributed by atoms with Gasteiger partial charge in [-0.15, -0.1) is 0 Å². The van der Waals surface area contributed by atoms with Crippen LogP contribution in [-0.4, -0.2) is 17.7 Å². The molecule has 84 valence electrons. The Labute approximate surface area is 98.8 Å². The lowest BCUT2D eigenvalue weighted by molar-refractivity contribution is 0.171. The van der Waals surface area contributed by atoms with Crippen LogP contribution in [0, 0.1) is 0 Å². The fourth-order valence-corrected chi connectivity index (χ4v) is 1.48. The lowest BCUT2D eigenvalue weighted by atomic mass is 10.1. The number of anilines is 1. The van der Waals surface area contributed by atoms with Crippen molar-refractivity contribution in [3.8, 4) is 0 Å². The standard InChI is InChI=1S/C11H17BrN2O/c1-7(2)14-6-11(15)8-3-4-9(12)10(13)5-8/h3-5,7,11,14-15H,6,13H2,1-2H3. The van der Waals surface area contributed by atoms with Gasteiger partial charge in [-0.25, -0.2) is 0 Å². The maximum Gasteiger partial charge on any atom is 0.0915 e. The zero-order valence-electron chi connectivity index (χ0n) is 9.00. The number of rotatable bonds is 4. The predicted octanol–water partition coefficient (Wildman–Crippen LogP) is 2.06. The van der Waals surface area contributed by atoms with Crippen LogP contribution in [0.3, 0.4) is 0 Å². The van der Waals surface area contributed by atoms with Gasteiger partial charge in [-0.1, -0.05) is 19.9 Å². The van der Waals surface area contributed by atoms with Crippen LogP contribution in [0.25, 0.3) is 0 Å². The molecule has 0 bridgehead atoms. The third kappa shape index (κ3) is 3.81. The van der Waals surface area contributed by atoms with E-state index in [4.69, 9.17) is 5.73 Å². The molecule has 0 saturated heterocycles. The highest BCUT2D eigenvalue weighted by Gasteiger charge is 2.08. The topological polar surface area (TPSA) is 58.3 Å². The Morgan fingerprint density at radius 3 is 2.67 bits per heavy atom. The van der Waals surface area contributed by atoms with Gasteiger partial charge in [0.05, 0.1) is 6.10 Å². The number of halogens is 1. The molecular weight excluding hydrogens is 256 g/mol. The third-order valence-corrected chi connectivity index (χ3v) is 2.85. The van der Waals surface area contributed by atoms with Gasteiger partial charge in [0.2, 0.25) is 0 Å². The molecule has 4 heteroatoms. The molecule has 0 heterocycles. The first kappa shape index (κ1) is 12.5. The Bertz CT molecular complexity index is 328. The zero-order chi connectivity index (χ0) is 11.4. The number of aliphatic hydroxyl groups excluding tert-OH is 1. The lowest BCUT2D eigenvalue weighted by Crippen LogP contribution is -2.27. The van der Waals surface area contributed by atoms with Crippen molar-refractivity contribution in [2.24, 2.45) is 0 Å². The normalized spacial score (nSPS) is 13.1. The van der Waals surface area contributed by atoms with Gasteiger partial charge in [-0.05, 0) is 33.6 Å². The molecule has 0 saturated carbocycles. The van der Waals surface area contributed by atoms with Gasteiger partial charge in [-0.2, -0.15) is 0 Å². The smallest absolute Gasteiger partial charge is 0.0915 e. The molecule has 15 heavy (non-hydrogen) atoms. The molecule has 1 aromatic rings. The van der Waals surface area contributed by atoms with Crippen LogP contribution < -0.4 is 11.1 Å². The summed E-state index contributed by atoms with van der Waals surface area (Å²) in [5.41, 5.74) is 7.22. The predicted molar refractivity (Wildman–Crippen MR) is 66.7 cm³/mol. The van der Waals surface area contributed by atoms with Crippen molar-refractivity contribution >= 4 is 21.6 Å². The Morgan fingerprint density at radius 2 is 2.13 bits per heavy atom. The van der Waals surface area contributed by atoms with E-state index in [0.29, 0.717) is 18.3 Å². The van der Waals surface area contributed by atoms with E-state index in [1.807, 2.05) is 26.0 Å². The van der Waals surface area contributed by atoms with E-state index >= 15 is 0 Å². The van der Waals surface area contributed by atoms with Crippen molar-refractivity contribution < 1.29 is 5.11 Å². The lowest BCUT2D eigenvalue weighted by Gasteiger charge is -2.15. The molecule has 1 atom stereocenters. The molecule has 0 aliphatic carbocycles. The Kier molecular flexibility index (Phi) is 4.57. The number of benzene rings is 1. The van der Waals surface area contributed by atoms with Crippen LogP contribution in [0.4, 0.5) is 5.69 Å². The van der Waals surface area contributed by atoms with Gasteiger partial charge in [0, 0.05) is 22.7 Å². The van der Waals surface area contributed by atoms with E-state index in [1.165, 1.54) is 0 Å². The molecule has 0 aromatic heterocycles. The summed E-state index contributed by atoms with van der Waals surface area (Å²) in [7, 11) is 0. The van der Waals surface area contributed by atoms with Gasteiger partial charge < -0.3 is 16.2 Å². The number of hydrogen-bond donors (Lipinski definition) is 3. The summed E-state index contributed by atoms with van der Waals surface area (Å²) >= 11 is 3.32. The van der Waals surface area contributed by atoms with E-state index in [2.05, 4.69) is 21.2 Å². The summed E-state index contributed by atoms with van der Waals surface area (Å²) in [4.78, 5) is 0. The van der Waals surface area contributed by atoms with Gasteiger partial charge in [0.15, 0.2) is 0 Å². The molecule has 0 spiro atoms. The van der Waals surface area contributed by atoms with Crippen LogP contribution in [0.1, 0.15) is 25.5 Å². The summed E-state index contributed by atoms with van der Waals surface area (Å²) < 4.78 is 0.857. The van der Waals surface area contributed by atoms with Crippen molar-refractivity contribution in [3.05, 3.63) is 28.2 Å². The highest BCUT2D eigenvalue weighted by atomic mass is 79.9. The summed E-state index contributed by atoms with van der Waals surface area (Å²) in [5.74, 6) is 0. The number of nitrogens with two attached hydrogens (primary N) is 1. The number of hydrogen-bond acceptors (Lipinski definition) is 3. The van der Waals surface area contributed by atoms with E-state index in [-0.39, 0.29) is 0 Å². The van der Waals surface area contributed by atoms with Crippen molar-refractivity contribution in [2.75, 3.05) is 12.3 Å². The molecule has 4 N–H and O–H groups in total. The Hall–Kier alpha value is -0.580. The minimum absolute atomic E-state index is 0.368. The minimum atomic E-state index is -0.511. The summed E-state index contributed by atoms with van der Waals surface area (Å²) in [6, 6.07) is 5.88. The first-order chi connectivity index (χ1) is 7.00. The van der Waals surface area contributed by atoms with Crippen LogP contribution in [-0.2, 0) is 0 Å². The number of aliphatic hydroxyl groups is 1. The van der Waals surface area contributed by atoms with Crippen LogP contribution in [0.15, 0.2) is 22.7 Å². The summed E-state index contributed by atoms with van der Waals surface area (Å²) in [6.45, 7) is 4.63. The van der Waals surface area contributed by atoms with Gasteiger partial charge in [-0.3, -0.25) is 0 Å². The van der Waals surface area contributed by atoms with Crippen molar-refractivity contribution in [1.82, 2.24) is 5.32 Å². The highest BCUT2D eigenvalue weighted by molar-refractivity contribution is 9.10. The van der Waals surface area contributed by atoms with Crippen LogP contribution in [0.5, 0.6) is 0 Å². The second-order valence-electron chi connectivity index (χ2n) is 3.86. The average molecular weight is 273 g/mol. The van der Waals surface area contributed by atoms with Crippen molar-refractivity contribution in [3.63, 3.8) is 0 Å². The molecule has 0 fully saturated rings. The van der Waals surface area contributed by atoms with Crippen molar-refractivity contribution in [2.45, 2.75) is 26.0 Å². The molecule has 0 aliphatic rings.